The lowest BCUT2D eigenvalue weighted by Gasteiger charge is -2.17. The second-order valence-electron chi connectivity index (χ2n) is 5.23. The lowest BCUT2D eigenvalue weighted by Crippen LogP contribution is -2.28. The number of benzene rings is 2. The van der Waals surface area contributed by atoms with Crippen molar-refractivity contribution >= 4 is 5.91 Å². The van der Waals surface area contributed by atoms with Crippen LogP contribution in [0.4, 0.5) is 8.78 Å². The van der Waals surface area contributed by atoms with Crippen LogP contribution in [0.1, 0.15) is 28.3 Å². The van der Waals surface area contributed by atoms with Crippen LogP contribution in [0.2, 0.25) is 0 Å². The Balaban J connectivity index is 1.95. The minimum Gasteiger partial charge on any atom is -0.435 e. The van der Waals surface area contributed by atoms with Crippen LogP contribution in [0.15, 0.2) is 54.6 Å². The van der Waals surface area contributed by atoms with Crippen LogP contribution in [0.3, 0.4) is 0 Å². The smallest absolute Gasteiger partial charge is 0.387 e. The second-order valence-corrected chi connectivity index (χ2v) is 5.23. The summed E-state index contributed by atoms with van der Waals surface area (Å²) in [6, 6.07) is 15.1. The fourth-order valence-corrected chi connectivity index (χ4v) is 2.37. The van der Waals surface area contributed by atoms with Gasteiger partial charge in [0, 0.05) is 24.6 Å². The Morgan fingerprint density at radius 2 is 1.75 bits per heavy atom. The second kappa shape index (κ2) is 8.98. The Bertz CT molecular complexity index is 632. The zero-order valence-corrected chi connectivity index (χ0v) is 13.0. The van der Waals surface area contributed by atoms with Gasteiger partial charge in [0.15, 0.2) is 0 Å². The quantitative estimate of drug-likeness (QED) is 0.779. The van der Waals surface area contributed by atoms with Crippen LogP contribution in [0, 0.1) is 0 Å². The number of carbonyl (C=O) groups is 1. The van der Waals surface area contributed by atoms with Gasteiger partial charge in [-0.3, -0.25) is 4.79 Å². The Hall–Kier alpha value is -2.47. The van der Waals surface area contributed by atoms with Gasteiger partial charge in [0.1, 0.15) is 5.75 Å². The van der Waals surface area contributed by atoms with E-state index in [1.807, 2.05) is 30.3 Å². The molecule has 24 heavy (non-hydrogen) atoms. The molecule has 6 heteroatoms. The standard InChI is InChI=1S/C18H19F2NO3/c19-18(20)24-16-8-6-14(7-9-16)17(23)21-12-15(10-11-22)13-4-2-1-3-5-13/h1-9,15,18,22H,10-12H2,(H,21,23). The zero-order chi connectivity index (χ0) is 17.4. The molecule has 0 bridgehead atoms. The highest BCUT2D eigenvalue weighted by Gasteiger charge is 2.13. The lowest BCUT2D eigenvalue weighted by atomic mass is 9.96. The van der Waals surface area contributed by atoms with Crippen molar-refractivity contribution in [2.75, 3.05) is 13.2 Å². The molecule has 0 radical (unpaired) electrons. The van der Waals surface area contributed by atoms with Crippen molar-refractivity contribution < 1.29 is 23.4 Å². The number of aliphatic hydroxyl groups is 1. The summed E-state index contributed by atoms with van der Waals surface area (Å²) in [5.41, 5.74) is 1.39. The van der Waals surface area contributed by atoms with E-state index >= 15 is 0 Å². The van der Waals surface area contributed by atoms with E-state index < -0.39 is 6.61 Å². The third-order valence-electron chi connectivity index (χ3n) is 3.60. The highest BCUT2D eigenvalue weighted by Crippen LogP contribution is 2.19. The van der Waals surface area contributed by atoms with Crippen LogP contribution in [-0.4, -0.2) is 30.8 Å². The lowest BCUT2D eigenvalue weighted by molar-refractivity contribution is -0.0498. The van der Waals surface area contributed by atoms with Gasteiger partial charge in [0.05, 0.1) is 0 Å². The van der Waals surface area contributed by atoms with E-state index in [0.29, 0.717) is 18.5 Å². The molecule has 0 heterocycles. The molecule has 0 fully saturated rings. The van der Waals surface area contributed by atoms with E-state index in [1.54, 1.807) is 0 Å². The molecule has 0 aliphatic heterocycles. The topological polar surface area (TPSA) is 58.6 Å². The van der Waals surface area contributed by atoms with Gasteiger partial charge >= 0.3 is 6.61 Å². The van der Waals surface area contributed by atoms with Crippen LogP contribution in [0.5, 0.6) is 5.75 Å². The number of hydrogen-bond donors (Lipinski definition) is 2. The first-order valence-corrected chi connectivity index (χ1v) is 7.59. The fourth-order valence-electron chi connectivity index (χ4n) is 2.37. The van der Waals surface area contributed by atoms with Crippen molar-refractivity contribution in [2.45, 2.75) is 19.0 Å². The summed E-state index contributed by atoms with van der Waals surface area (Å²) >= 11 is 0. The van der Waals surface area contributed by atoms with Crippen molar-refractivity contribution in [3.63, 3.8) is 0 Å². The van der Waals surface area contributed by atoms with Gasteiger partial charge in [0.2, 0.25) is 0 Å². The van der Waals surface area contributed by atoms with E-state index in [1.165, 1.54) is 24.3 Å². The minimum absolute atomic E-state index is 0.00147. The molecular formula is C18H19F2NO3. The molecule has 128 valence electrons. The minimum atomic E-state index is -2.89. The maximum absolute atomic E-state index is 12.2. The molecule has 0 spiro atoms. The fraction of sp³-hybridized carbons (Fsp3) is 0.278. The maximum Gasteiger partial charge on any atom is 0.387 e. The average Bonchev–Trinajstić information content (AvgIpc) is 2.59. The molecule has 4 nitrogen and oxygen atoms in total. The molecule has 2 aromatic rings. The monoisotopic (exact) mass is 335 g/mol. The molecular weight excluding hydrogens is 316 g/mol. The summed E-state index contributed by atoms with van der Waals surface area (Å²) in [6.45, 7) is -2.50. The van der Waals surface area contributed by atoms with Crippen molar-refractivity contribution in [2.24, 2.45) is 0 Å². The highest BCUT2D eigenvalue weighted by molar-refractivity contribution is 5.94. The predicted molar refractivity (Wildman–Crippen MR) is 86.3 cm³/mol. The number of alkyl halides is 2. The Labute approximate surface area is 139 Å². The summed E-state index contributed by atoms with van der Waals surface area (Å²) in [4.78, 5) is 12.2. The van der Waals surface area contributed by atoms with Gasteiger partial charge in [-0.1, -0.05) is 30.3 Å². The van der Waals surface area contributed by atoms with Gasteiger partial charge in [0.25, 0.3) is 5.91 Å². The van der Waals surface area contributed by atoms with E-state index in [-0.39, 0.29) is 24.2 Å². The summed E-state index contributed by atoms with van der Waals surface area (Å²) in [5.74, 6) is -0.303. The van der Waals surface area contributed by atoms with Crippen LogP contribution in [-0.2, 0) is 0 Å². The van der Waals surface area contributed by atoms with Crippen LogP contribution >= 0.6 is 0 Å². The van der Waals surface area contributed by atoms with Gasteiger partial charge in [-0.15, -0.1) is 0 Å². The SMILES string of the molecule is O=C(NCC(CCO)c1ccccc1)c1ccc(OC(F)F)cc1. The highest BCUT2D eigenvalue weighted by atomic mass is 19.3. The van der Waals surface area contributed by atoms with Gasteiger partial charge in [-0.25, -0.2) is 0 Å². The number of carbonyl (C=O) groups excluding carboxylic acids is 1. The number of rotatable bonds is 8. The van der Waals surface area contributed by atoms with Crippen LogP contribution < -0.4 is 10.1 Å². The van der Waals surface area contributed by atoms with Crippen molar-refractivity contribution in [1.82, 2.24) is 5.32 Å². The predicted octanol–water partition coefficient (Wildman–Crippen LogP) is 3.18. The third kappa shape index (κ3) is 5.31. The van der Waals surface area contributed by atoms with Gasteiger partial charge in [-0.2, -0.15) is 8.78 Å². The van der Waals surface area contributed by atoms with Gasteiger partial charge < -0.3 is 15.2 Å². The molecule has 2 rings (SSSR count). The largest absolute Gasteiger partial charge is 0.435 e. The number of halogens is 2. The van der Waals surface area contributed by atoms with Gasteiger partial charge in [-0.05, 0) is 36.2 Å². The van der Waals surface area contributed by atoms with E-state index in [4.69, 9.17) is 0 Å². The molecule has 1 atom stereocenters. The molecule has 0 saturated carbocycles. The first-order chi connectivity index (χ1) is 11.6. The third-order valence-corrected chi connectivity index (χ3v) is 3.60. The summed E-state index contributed by atoms with van der Waals surface area (Å²) in [5, 5.41) is 12.0. The number of ether oxygens (including phenoxy) is 1. The maximum atomic E-state index is 12.2. The van der Waals surface area contributed by atoms with Crippen molar-refractivity contribution in [3.8, 4) is 5.75 Å². The van der Waals surface area contributed by atoms with E-state index in [9.17, 15) is 18.7 Å². The van der Waals surface area contributed by atoms with E-state index in [0.717, 1.165) is 5.56 Å². The summed E-state index contributed by atoms with van der Waals surface area (Å²) in [6.07, 6.45) is 0.533. The zero-order valence-electron chi connectivity index (χ0n) is 13.0. The Morgan fingerprint density at radius 3 is 2.33 bits per heavy atom. The molecule has 1 amide bonds. The Kier molecular flexibility index (Phi) is 6.69. The van der Waals surface area contributed by atoms with Crippen molar-refractivity contribution in [1.29, 1.82) is 0 Å². The van der Waals surface area contributed by atoms with Crippen molar-refractivity contribution in [3.05, 3.63) is 65.7 Å². The van der Waals surface area contributed by atoms with Crippen LogP contribution in [0.25, 0.3) is 0 Å². The first-order valence-electron chi connectivity index (χ1n) is 7.59. The normalized spacial score (nSPS) is 12.0. The number of aliphatic hydroxyl groups excluding tert-OH is 1. The summed E-state index contributed by atoms with van der Waals surface area (Å²) < 4.78 is 28.4. The number of hydrogen-bond acceptors (Lipinski definition) is 3. The molecule has 2 aromatic carbocycles. The molecule has 0 saturated heterocycles. The molecule has 2 N–H and O–H groups in total. The Morgan fingerprint density at radius 1 is 1.08 bits per heavy atom. The average molecular weight is 335 g/mol. The molecule has 0 aromatic heterocycles. The van der Waals surface area contributed by atoms with E-state index in [2.05, 4.69) is 10.1 Å². The molecule has 0 aliphatic rings. The first kappa shape index (κ1) is 17.9. The number of nitrogens with one attached hydrogen (secondary N) is 1. The number of amides is 1. The molecule has 0 aliphatic carbocycles. The molecule has 1 unspecified atom stereocenters. The summed E-state index contributed by atoms with van der Waals surface area (Å²) in [7, 11) is 0.